The Kier molecular flexibility index (Phi) is 4.84. The first-order chi connectivity index (χ1) is 11.0. The van der Waals surface area contributed by atoms with E-state index in [-0.39, 0.29) is 17.5 Å². The number of benzene rings is 1. The van der Waals surface area contributed by atoms with Crippen molar-refractivity contribution >= 4 is 21.6 Å². The Morgan fingerprint density at radius 3 is 2.57 bits per heavy atom. The Morgan fingerprint density at radius 2 is 1.87 bits per heavy atom. The lowest BCUT2D eigenvalue weighted by molar-refractivity contribution is -0.00883. The highest BCUT2D eigenvalue weighted by Gasteiger charge is 2.43. The molecule has 2 atom stereocenters. The number of rotatable bonds is 3. The number of amides is 1. The average molecular weight is 340 g/mol. The van der Waals surface area contributed by atoms with Crippen molar-refractivity contribution in [3.8, 4) is 0 Å². The summed E-state index contributed by atoms with van der Waals surface area (Å²) in [6, 6.07) is 8.62. The summed E-state index contributed by atoms with van der Waals surface area (Å²) < 4.78 is 34.6. The number of hydrogen-bond acceptors (Lipinski definition) is 6. The molecule has 0 unspecified atom stereocenters. The fourth-order valence-corrected chi connectivity index (χ4v) is 4.84. The van der Waals surface area contributed by atoms with Crippen LogP contribution >= 0.6 is 0 Å². The quantitative estimate of drug-likeness (QED) is 0.873. The van der Waals surface area contributed by atoms with E-state index in [4.69, 9.17) is 9.47 Å². The van der Waals surface area contributed by atoms with Crippen molar-refractivity contribution in [3.05, 3.63) is 30.3 Å². The minimum absolute atomic E-state index is 0.0241. The molecule has 23 heavy (non-hydrogen) atoms. The predicted molar refractivity (Wildman–Crippen MR) is 85.2 cm³/mol. The lowest BCUT2D eigenvalue weighted by Gasteiger charge is -2.34. The molecule has 1 amide bonds. The Hall–Kier alpha value is -1.64. The number of nitrogens with one attached hydrogen (secondary N) is 1. The standard InChI is InChI=1S/C15H20N2O5S/c18-15(16-12-4-2-1-3-5-12)22-14-11-23(19,20)10-13(14)17-6-8-21-9-7-17/h1-5,13-14H,6-11H2,(H,16,18)/t13-,14-/m0/s1. The average Bonchev–Trinajstić information content (AvgIpc) is 2.83. The van der Waals surface area contributed by atoms with Gasteiger partial charge in [-0.2, -0.15) is 0 Å². The van der Waals surface area contributed by atoms with Crippen LogP contribution in [-0.2, 0) is 19.3 Å². The number of carbonyl (C=O) groups excluding carboxylic acids is 1. The first-order valence-corrected chi connectivity index (χ1v) is 9.40. The molecule has 7 nitrogen and oxygen atoms in total. The minimum Gasteiger partial charge on any atom is -0.443 e. The maximum absolute atomic E-state index is 12.0. The molecule has 1 N–H and O–H groups in total. The minimum atomic E-state index is -3.20. The number of carbonyl (C=O) groups is 1. The fourth-order valence-electron chi connectivity index (χ4n) is 2.97. The van der Waals surface area contributed by atoms with Crippen LogP contribution in [0.15, 0.2) is 30.3 Å². The van der Waals surface area contributed by atoms with Gasteiger partial charge in [-0.05, 0) is 12.1 Å². The van der Waals surface area contributed by atoms with Gasteiger partial charge >= 0.3 is 6.09 Å². The fraction of sp³-hybridized carbons (Fsp3) is 0.533. The SMILES string of the molecule is O=C(Nc1ccccc1)O[C@H]1CS(=O)(=O)C[C@@H]1N1CCOCC1. The highest BCUT2D eigenvalue weighted by molar-refractivity contribution is 7.91. The molecule has 0 aliphatic carbocycles. The molecule has 2 saturated heterocycles. The molecule has 0 saturated carbocycles. The number of ether oxygens (including phenoxy) is 2. The largest absolute Gasteiger partial charge is 0.443 e. The first-order valence-electron chi connectivity index (χ1n) is 7.58. The number of hydrogen-bond donors (Lipinski definition) is 1. The zero-order chi connectivity index (χ0) is 16.3. The summed E-state index contributed by atoms with van der Waals surface area (Å²) in [6.07, 6.45) is -1.28. The van der Waals surface area contributed by atoms with Gasteiger partial charge in [-0.1, -0.05) is 18.2 Å². The molecule has 1 aromatic carbocycles. The molecule has 2 fully saturated rings. The van der Waals surface area contributed by atoms with Crippen LogP contribution in [0.4, 0.5) is 10.5 Å². The maximum Gasteiger partial charge on any atom is 0.411 e. The van der Waals surface area contributed by atoms with Gasteiger partial charge in [0.25, 0.3) is 0 Å². The number of nitrogens with zero attached hydrogens (tertiary/aromatic N) is 1. The van der Waals surface area contributed by atoms with Crippen LogP contribution in [0.1, 0.15) is 0 Å². The van der Waals surface area contributed by atoms with Crippen LogP contribution in [0, 0.1) is 0 Å². The van der Waals surface area contributed by atoms with E-state index < -0.39 is 22.0 Å². The summed E-state index contributed by atoms with van der Waals surface area (Å²) in [5.74, 6) is -0.104. The van der Waals surface area contributed by atoms with E-state index in [0.717, 1.165) is 0 Å². The molecule has 2 aliphatic rings. The van der Waals surface area contributed by atoms with Crippen LogP contribution in [-0.4, -0.2) is 69.4 Å². The van der Waals surface area contributed by atoms with Crippen LogP contribution in [0.5, 0.6) is 0 Å². The normalized spacial score (nSPS) is 27.5. The van der Waals surface area contributed by atoms with Gasteiger partial charge in [-0.25, -0.2) is 13.2 Å². The van der Waals surface area contributed by atoms with Crippen LogP contribution < -0.4 is 5.32 Å². The lowest BCUT2D eigenvalue weighted by Crippen LogP contribution is -2.50. The number of anilines is 1. The van der Waals surface area contributed by atoms with Gasteiger partial charge in [0.15, 0.2) is 9.84 Å². The molecule has 1 aromatic rings. The van der Waals surface area contributed by atoms with Gasteiger partial charge < -0.3 is 9.47 Å². The summed E-state index contributed by atoms with van der Waals surface area (Å²) in [7, 11) is -3.20. The molecule has 2 heterocycles. The summed E-state index contributed by atoms with van der Waals surface area (Å²) in [4.78, 5) is 14.1. The highest BCUT2D eigenvalue weighted by Crippen LogP contribution is 2.23. The van der Waals surface area contributed by atoms with Gasteiger partial charge in [-0.3, -0.25) is 10.2 Å². The van der Waals surface area contributed by atoms with E-state index in [1.807, 2.05) is 11.0 Å². The van der Waals surface area contributed by atoms with Crippen molar-refractivity contribution in [2.75, 3.05) is 43.1 Å². The number of sulfone groups is 1. The van der Waals surface area contributed by atoms with Crippen molar-refractivity contribution in [2.45, 2.75) is 12.1 Å². The number of morpholine rings is 1. The smallest absolute Gasteiger partial charge is 0.411 e. The van der Waals surface area contributed by atoms with Gasteiger partial charge in [-0.15, -0.1) is 0 Å². The van der Waals surface area contributed by atoms with E-state index >= 15 is 0 Å². The van der Waals surface area contributed by atoms with Crippen molar-refractivity contribution in [3.63, 3.8) is 0 Å². The molecule has 8 heteroatoms. The van der Waals surface area contributed by atoms with E-state index in [0.29, 0.717) is 32.0 Å². The predicted octanol–water partition coefficient (Wildman–Crippen LogP) is 0.733. The molecule has 2 aliphatic heterocycles. The topological polar surface area (TPSA) is 84.9 Å². The Morgan fingerprint density at radius 1 is 1.17 bits per heavy atom. The number of para-hydroxylation sites is 1. The van der Waals surface area contributed by atoms with Gasteiger partial charge in [0.2, 0.25) is 0 Å². The monoisotopic (exact) mass is 340 g/mol. The third-order valence-electron chi connectivity index (χ3n) is 4.07. The first kappa shape index (κ1) is 16.2. The summed E-state index contributed by atoms with van der Waals surface area (Å²) >= 11 is 0. The van der Waals surface area contributed by atoms with Crippen LogP contribution in [0.3, 0.4) is 0 Å². The zero-order valence-electron chi connectivity index (χ0n) is 12.7. The van der Waals surface area contributed by atoms with E-state index in [1.165, 1.54) is 0 Å². The lowest BCUT2D eigenvalue weighted by atomic mass is 10.1. The second-order valence-electron chi connectivity index (χ2n) is 5.73. The zero-order valence-corrected chi connectivity index (χ0v) is 13.5. The van der Waals surface area contributed by atoms with Crippen molar-refractivity contribution in [1.29, 1.82) is 0 Å². The van der Waals surface area contributed by atoms with E-state index in [9.17, 15) is 13.2 Å². The van der Waals surface area contributed by atoms with E-state index in [2.05, 4.69) is 5.32 Å². The van der Waals surface area contributed by atoms with Gasteiger partial charge in [0.05, 0.1) is 30.8 Å². The summed E-state index contributed by atoms with van der Waals surface area (Å²) in [6.45, 7) is 2.44. The second-order valence-corrected chi connectivity index (χ2v) is 7.88. The van der Waals surface area contributed by atoms with Crippen molar-refractivity contribution in [2.24, 2.45) is 0 Å². The Labute approximate surface area is 135 Å². The molecule has 0 radical (unpaired) electrons. The molecule has 0 spiro atoms. The highest BCUT2D eigenvalue weighted by atomic mass is 32.2. The summed E-state index contributed by atoms with van der Waals surface area (Å²) in [5.41, 5.74) is 0.612. The van der Waals surface area contributed by atoms with Gasteiger partial charge in [0.1, 0.15) is 6.10 Å². The molecule has 0 bridgehead atoms. The molecule has 126 valence electrons. The molecular weight excluding hydrogens is 320 g/mol. The Bertz CT molecular complexity index is 643. The Balaban J connectivity index is 1.65. The third-order valence-corrected chi connectivity index (χ3v) is 5.75. The molecule has 3 rings (SSSR count). The van der Waals surface area contributed by atoms with Crippen LogP contribution in [0.25, 0.3) is 0 Å². The molecular formula is C15H20N2O5S. The second kappa shape index (κ2) is 6.86. The van der Waals surface area contributed by atoms with Crippen molar-refractivity contribution in [1.82, 2.24) is 4.90 Å². The van der Waals surface area contributed by atoms with Gasteiger partial charge in [0, 0.05) is 18.8 Å². The van der Waals surface area contributed by atoms with Crippen molar-refractivity contribution < 1.29 is 22.7 Å². The molecule has 0 aromatic heterocycles. The maximum atomic E-state index is 12.0. The third kappa shape index (κ3) is 4.21. The van der Waals surface area contributed by atoms with Crippen LogP contribution in [0.2, 0.25) is 0 Å². The van der Waals surface area contributed by atoms with E-state index in [1.54, 1.807) is 24.3 Å². The summed E-state index contributed by atoms with van der Waals surface area (Å²) in [5, 5.41) is 2.62.